The Hall–Kier alpha value is -2.45. The Morgan fingerprint density at radius 3 is 2.81 bits per heavy atom. The molecule has 2 heterocycles. The second kappa shape index (κ2) is 8.49. The van der Waals surface area contributed by atoms with Crippen molar-refractivity contribution in [2.45, 2.75) is 33.9 Å². The van der Waals surface area contributed by atoms with E-state index in [9.17, 15) is 4.79 Å². The molecule has 0 fully saturated rings. The molecule has 0 N–H and O–H groups in total. The van der Waals surface area contributed by atoms with Crippen molar-refractivity contribution in [1.82, 2.24) is 14.3 Å². The second-order valence-corrected chi connectivity index (χ2v) is 7.00. The molecule has 144 valence electrons. The van der Waals surface area contributed by atoms with Crippen molar-refractivity contribution < 1.29 is 14.3 Å². The van der Waals surface area contributed by atoms with Crippen LogP contribution in [0.4, 0.5) is 0 Å². The SMILES string of the molecule is CCOc1ccc2c(c1)sc(=NC(=O)c1cc(C)nn1CC)n2CCOC. The molecule has 0 aliphatic rings. The number of aromatic nitrogens is 3. The van der Waals surface area contributed by atoms with Crippen LogP contribution in [0.1, 0.15) is 30.0 Å². The van der Waals surface area contributed by atoms with E-state index in [-0.39, 0.29) is 5.91 Å². The Kier molecular flexibility index (Phi) is 6.08. The number of ether oxygens (including phenoxy) is 2. The Balaban J connectivity index is 2.10. The van der Waals surface area contributed by atoms with Gasteiger partial charge in [0.1, 0.15) is 11.4 Å². The highest BCUT2D eigenvalue weighted by Crippen LogP contribution is 2.23. The van der Waals surface area contributed by atoms with Crippen LogP contribution in [0.25, 0.3) is 10.2 Å². The maximum atomic E-state index is 12.8. The van der Waals surface area contributed by atoms with Gasteiger partial charge in [0.05, 0.1) is 29.1 Å². The zero-order chi connectivity index (χ0) is 19.4. The van der Waals surface area contributed by atoms with Crippen LogP contribution in [0.5, 0.6) is 5.75 Å². The molecule has 27 heavy (non-hydrogen) atoms. The van der Waals surface area contributed by atoms with Crippen molar-refractivity contribution in [3.05, 3.63) is 40.5 Å². The molecular weight excluding hydrogens is 364 g/mol. The lowest BCUT2D eigenvalue weighted by Crippen LogP contribution is -2.20. The monoisotopic (exact) mass is 388 g/mol. The van der Waals surface area contributed by atoms with Gasteiger partial charge in [-0.3, -0.25) is 9.48 Å². The summed E-state index contributed by atoms with van der Waals surface area (Å²) in [5.74, 6) is 0.517. The fraction of sp³-hybridized carbons (Fsp3) is 0.421. The van der Waals surface area contributed by atoms with E-state index in [0.29, 0.717) is 36.8 Å². The Labute approximate surface area is 161 Å². The first-order valence-corrected chi connectivity index (χ1v) is 9.77. The molecule has 0 bridgehead atoms. The van der Waals surface area contributed by atoms with Crippen LogP contribution in [0.3, 0.4) is 0 Å². The van der Waals surface area contributed by atoms with Gasteiger partial charge in [-0.1, -0.05) is 11.3 Å². The fourth-order valence-electron chi connectivity index (χ4n) is 2.90. The molecular formula is C19H24N4O3S. The molecule has 0 radical (unpaired) electrons. The number of hydrogen-bond acceptors (Lipinski definition) is 5. The minimum absolute atomic E-state index is 0.291. The van der Waals surface area contributed by atoms with Crippen LogP contribution in [0.2, 0.25) is 0 Å². The third-order valence-electron chi connectivity index (χ3n) is 4.10. The second-order valence-electron chi connectivity index (χ2n) is 6.00. The van der Waals surface area contributed by atoms with Gasteiger partial charge < -0.3 is 14.0 Å². The minimum Gasteiger partial charge on any atom is -0.494 e. The van der Waals surface area contributed by atoms with Crippen LogP contribution in [-0.4, -0.2) is 40.6 Å². The highest BCUT2D eigenvalue weighted by Gasteiger charge is 2.14. The first-order chi connectivity index (χ1) is 13.1. The maximum absolute atomic E-state index is 12.8. The summed E-state index contributed by atoms with van der Waals surface area (Å²) >= 11 is 1.47. The highest BCUT2D eigenvalue weighted by atomic mass is 32.1. The van der Waals surface area contributed by atoms with Crippen LogP contribution in [0, 0.1) is 6.92 Å². The number of thiazole rings is 1. The number of methoxy groups -OCH3 is 1. The Morgan fingerprint density at radius 2 is 2.11 bits per heavy atom. The third kappa shape index (κ3) is 4.12. The normalized spacial score (nSPS) is 12.1. The molecule has 0 spiro atoms. The molecule has 1 aromatic carbocycles. The lowest BCUT2D eigenvalue weighted by atomic mass is 10.3. The van der Waals surface area contributed by atoms with Gasteiger partial charge in [-0.15, -0.1) is 0 Å². The molecule has 3 aromatic rings. The van der Waals surface area contributed by atoms with Gasteiger partial charge >= 0.3 is 0 Å². The van der Waals surface area contributed by atoms with E-state index in [0.717, 1.165) is 21.7 Å². The van der Waals surface area contributed by atoms with Crippen LogP contribution >= 0.6 is 11.3 Å². The molecule has 8 heteroatoms. The minimum atomic E-state index is -0.291. The van der Waals surface area contributed by atoms with Gasteiger partial charge in [-0.05, 0) is 45.0 Å². The van der Waals surface area contributed by atoms with Crippen molar-refractivity contribution in [1.29, 1.82) is 0 Å². The van der Waals surface area contributed by atoms with Crippen molar-refractivity contribution in [3.63, 3.8) is 0 Å². The van der Waals surface area contributed by atoms with Crippen molar-refractivity contribution in [3.8, 4) is 5.75 Å². The van der Waals surface area contributed by atoms with E-state index in [1.807, 2.05) is 43.5 Å². The number of hydrogen-bond donors (Lipinski definition) is 0. The molecule has 1 amide bonds. The summed E-state index contributed by atoms with van der Waals surface area (Å²) in [5.41, 5.74) is 2.31. The number of carbonyl (C=O) groups is 1. The first kappa shape index (κ1) is 19.3. The first-order valence-electron chi connectivity index (χ1n) is 8.96. The quantitative estimate of drug-likeness (QED) is 0.624. The average Bonchev–Trinajstić information content (AvgIpc) is 3.19. The summed E-state index contributed by atoms with van der Waals surface area (Å²) in [4.78, 5) is 17.8. The van der Waals surface area contributed by atoms with E-state index < -0.39 is 0 Å². The Bertz CT molecular complexity index is 1020. The molecule has 0 unspecified atom stereocenters. The largest absolute Gasteiger partial charge is 0.494 e. The predicted molar refractivity (Wildman–Crippen MR) is 105 cm³/mol. The van der Waals surface area contributed by atoms with E-state index in [4.69, 9.17) is 9.47 Å². The zero-order valence-corrected chi connectivity index (χ0v) is 16.9. The van der Waals surface area contributed by atoms with Gasteiger partial charge in [0, 0.05) is 20.2 Å². The standard InChI is InChI=1S/C19H24N4O3S/c1-5-23-16(11-13(3)21-23)18(24)20-19-22(9-10-25-4)15-8-7-14(26-6-2)12-17(15)27-19/h7-8,11-12H,5-6,9-10H2,1-4H3. The van der Waals surface area contributed by atoms with Gasteiger partial charge in [0.2, 0.25) is 0 Å². The number of aryl methyl sites for hydroxylation is 2. The van der Waals surface area contributed by atoms with Gasteiger partial charge in [0.25, 0.3) is 5.91 Å². The van der Waals surface area contributed by atoms with Crippen LogP contribution in [-0.2, 0) is 17.8 Å². The van der Waals surface area contributed by atoms with E-state index in [2.05, 4.69) is 10.1 Å². The van der Waals surface area contributed by atoms with E-state index in [1.54, 1.807) is 17.9 Å². The summed E-state index contributed by atoms with van der Waals surface area (Å²) < 4.78 is 15.5. The van der Waals surface area contributed by atoms with Gasteiger partial charge in [-0.25, -0.2) is 0 Å². The van der Waals surface area contributed by atoms with Crippen molar-refractivity contribution >= 4 is 27.5 Å². The molecule has 0 aliphatic carbocycles. The van der Waals surface area contributed by atoms with E-state index >= 15 is 0 Å². The number of rotatable bonds is 7. The fourth-order valence-corrected chi connectivity index (χ4v) is 3.98. The third-order valence-corrected chi connectivity index (χ3v) is 5.14. The summed E-state index contributed by atoms with van der Waals surface area (Å²) in [6.07, 6.45) is 0. The van der Waals surface area contributed by atoms with Crippen LogP contribution in [0.15, 0.2) is 29.3 Å². The van der Waals surface area contributed by atoms with Crippen molar-refractivity contribution in [2.24, 2.45) is 4.99 Å². The number of amides is 1. The van der Waals surface area contributed by atoms with Gasteiger partial charge in [0.15, 0.2) is 4.80 Å². The topological polar surface area (TPSA) is 70.6 Å². The molecule has 2 aromatic heterocycles. The summed E-state index contributed by atoms with van der Waals surface area (Å²) in [5, 5.41) is 4.33. The lowest BCUT2D eigenvalue weighted by molar-refractivity contribution is 0.0987. The summed E-state index contributed by atoms with van der Waals surface area (Å²) in [6, 6.07) is 7.69. The number of fused-ring (bicyclic) bond motifs is 1. The number of nitrogens with zero attached hydrogens (tertiary/aromatic N) is 4. The van der Waals surface area contributed by atoms with Crippen molar-refractivity contribution in [2.75, 3.05) is 20.3 Å². The molecule has 0 saturated heterocycles. The number of benzene rings is 1. The van der Waals surface area contributed by atoms with Gasteiger partial charge in [-0.2, -0.15) is 10.1 Å². The van der Waals surface area contributed by atoms with Crippen LogP contribution < -0.4 is 9.54 Å². The molecule has 0 atom stereocenters. The molecule has 0 aliphatic heterocycles. The molecule has 3 rings (SSSR count). The summed E-state index contributed by atoms with van der Waals surface area (Å²) in [6.45, 7) is 8.16. The summed E-state index contributed by atoms with van der Waals surface area (Å²) in [7, 11) is 1.66. The molecule has 7 nitrogen and oxygen atoms in total. The predicted octanol–water partition coefficient (Wildman–Crippen LogP) is 3.01. The molecule has 0 saturated carbocycles. The lowest BCUT2D eigenvalue weighted by Gasteiger charge is -2.06. The highest BCUT2D eigenvalue weighted by molar-refractivity contribution is 7.16. The zero-order valence-electron chi connectivity index (χ0n) is 16.1. The Morgan fingerprint density at radius 1 is 1.30 bits per heavy atom. The average molecular weight is 388 g/mol. The smallest absolute Gasteiger partial charge is 0.297 e. The number of carbonyl (C=O) groups excluding carboxylic acids is 1. The maximum Gasteiger partial charge on any atom is 0.297 e. The van der Waals surface area contributed by atoms with E-state index in [1.165, 1.54) is 11.3 Å².